The Kier molecular flexibility index (Phi) is 3.84. The van der Waals surface area contributed by atoms with Gasteiger partial charge in [-0.05, 0) is 6.92 Å². The maximum atomic E-state index is 11.4. The van der Waals surface area contributed by atoms with Crippen LogP contribution >= 0.6 is 0 Å². The van der Waals surface area contributed by atoms with Gasteiger partial charge in [0.25, 0.3) is 0 Å². The summed E-state index contributed by atoms with van der Waals surface area (Å²) in [5.74, 6) is -0.438. The minimum atomic E-state index is -0.519. The molecule has 3 N–H and O–H groups in total. The summed E-state index contributed by atoms with van der Waals surface area (Å²) in [5, 5.41) is 11.6. The van der Waals surface area contributed by atoms with Crippen LogP contribution in [0.1, 0.15) is 19.4 Å². The molecule has 1 aromatic rings. The summed E-state index contributed by atoms with van der Waals surface area (Å²) in [6.45, 7) is 3.41. The zero-order chi connectivity index (χ0) is 11.3. The Balaban J connectivity index is 2.32. The molecule has 0 spiro atoms. The number of carbonyl (C=O) groups excluding carboxylic acids is 2. The lowest BCUT2D eigenvalue weighted by molar-refractivity contribution is -0.127. The molecular weight excluding hydrogens is 196 g/mol. The number of aromatic nitrogens is 2. The van der Waals surface area contributed by atoms with Crippen molar-refractivity contribution in [2.45, 2.75) is 26.4 Å². The first kappa shape index (κ1) is 11.2. The Morgan fingerprint density at radius 3 is 2.87 bits per heavy atom. The van der Waals surface area contributed by atoms with E-state index in [0.717, 1.165) is 5.56 Å². The minimum Gasteiger partial charge on any atom is -0.350 e. The Labute approximate surface area is 87.4 Å². The molecule has 1 rings (SSSR count). The van der Waals surface area contributed by atoms with E-state index >= 15 is 0 Å². The van der Waals surface area contributed by atoms with Gasteiger partial charge in [0.05, 0.1) is 6.20 Å². The van der Waals surface area contributed by atoms with Crippen LogP contribution in [0.4, 0.5) is 0 Å². The van der Waals surface area contributed by atoms with Crippen molar-refractivity contribution in [3.63, 3.8) is 0 Å². The fourth-order valence-corrected chi connectivity index (χ4v) is 1.09. The third kappa shape index (κ3) is 3.80. The number of nitrogens with zero attached hydrogens (tertiary/aromatic N) is 1. The van der Waals surface area contributed by atoms with Gasteiger partial charge in [0.15, 0.2) is 0 Å². The molecule has 0 aromatic carbocycles. The van der Waals surface area contributed by atoms with E-state index in [0.29, 0.717) is 6.54 Å². The summed E-state index contributed by atoms with van der Waals surface area (Å²) in [6, 6.07) is -0.519. The van der Waals surface area contributed by atoms with E-state index in [1.807, 2.05) is 0 Å². The van der Waals surface area contributed by atoms with Crippen LogP contribution in [0.25, 0.3) is 0 Å². The maximum absolute atomic E-state index is 11.4. The number of nitrogens with one attached hydrogen (secondary N) is 3. The molecular formula is C9H14N4O2. The molecule has 1 aromatic heterocycles. The molecule has 15 heavy (non-hydrogen) atoms. The summed E-state index contributed by atoms with van der Waals surface area (Å²) in [5.41, 5.74) is 0.887. The van der Waals surface area contributed by atoms with Crippen molar-refractivity contribution >= 4 is 11.8 Å². The van der Waals surface area contributed by atoms with Crippen LogP contribution in [0.15, 0.2) is 12.4 Å². The molecule has 0 saturated carbocycles. The fourth-order valence-electron chi connectivity index (χ4n) is 1.09. The second kappa shape index (κ2) is 5.14. The largest absolute Gasteiger partial charge is 0.350 e. The Morgan fingerprint density at radius 2 is 2.33 bits per heavy atom. The molecule has 0 bridgehead atoms. The van der Waals surface area contributed by atoms with Crippen LogP contribution in [0.2, 0.25) is 0 Å². The van der Waals surface area contributed by atoms with E-state index in [-0.39, 0.29) is 11.8 Å². The van der Waals surface area contributed by atoms with Crippen molar-refractivity contribution in [3.8, 4) is 0 Å². The molecule has 6 heteroatoms. The van der Waals surface area contributed by atoms with Crippen molar-refractivity contribution in [1.82, 2.24) is 20.8 Å². The lowest BCUT2D eigenvalue weighted by Crippen LogP contribution is -2.43. The van der Waals surface area contributed by atoms with Gasteiger partial charge in [-0.1, -0.05) is 0 Å². The first-order valence-electron chi connectivity index (χ1n) is 4.62. The quantitative estimate of drug-likeness (QED) is 0.629. The van der Waals surface area contributed by atoms with E-state index in [1.54, 1.807) is 19.3 Å². The summed E-state index contributed by atoms with van der Waals surface area (Å²) in [7, 11) is 0. The van der Waals surface area contributed by atoms with Crippen LogP contribution < -0.4 is 10.6 Å². The van der Waals surface area contributed by atoms with Crippen LogP contribution in [0, 0.1) is 0 Å². The molecule has 82 valence electrons. The minimum absolute atomic E-state index is 0.216. The number of aromatic amines is 1. The van der Waals surface area contributed by atoms with Gasteiger partial charge in [-0.2, -0.15) is 5.10 Å². The number of amides is 2. The molecule has 0 aliphatic heterocycles. The summed E-state index contributed by atoms with van der Waals surface area (Å²) in [4.78, 5) is 22.1. The van der Waals surface area contributed by atoms with Gasteiger partial charge in [-0.25, -0.2) is 0 Å². The molecule has 1 heterocycles. The Morgan fingerprint density at radius 1 is 1.60 bits per heavy atom. The summed E-state index contributed by atoms with van der Waals surface area (Å²) in [6.07, 6.45) is 3.33. The standard InChI is InChI=1S/C9H14N4O2/c1-6(13-7(2)14)9(15)10-3-8-4-11-12-5-8/h4-6H,3H2,1-2H3,(H,10,15)(H,11,12)(H,13,14). The molecule has 1 unspecified atom stereocenters. The van der Waals surface area contributed by atoms with E-state index in [1.165, 1.54) is 6.92 Å². The van der Waals surface area contributed by atoms with E-state index < -0.39 is 6.04 Å². The molecule has 0 radical (unpaired) electrons. The van der Waals surface area contributed by atoms with Crippen molar-refractivity contribution in [2.24, 2.45) is 0 Å². The maximum Gasteiger partial charge on any atom is 0.242 e. The highest BCUT2D eigenvalue weighted by Gasteiger charge is 2.12. The molecule has 2 amide bonds. The number of H-pyrrole nitrogens is 1. The average molecular weight is 210 g/mol. The topological polar surface area (TPSA) is 86.9 Å². The zero-order valence-corrected chi connectivity index (χ0v) is 8.70. The number of rotatable bonds is 4. The summed E-state index contributed by atoms with van der Waals surface area (Å²) < 4.78 is 0. The molecule has 0 fully saturated rings. The monoisotopic (exact) mass is 210 g/mol. The molecule has 6 nitrogen and oxygen atoms in total. The third-order valence-electron chi connectivity index (χ3n) is 1.83. The zero-order valence-electron chi connectivity index (χ0n) is 8.70. The molecule has 1 atom stereocenters. The van der Waals surface area contributed by atoms with Crippen LogP contribution in [0.5, 0.6) is 0 Å². The SMILES string of the molecule is CC(=O)NC(C)C(=O)NCc1cn[nH]c1. The van der Waals surface area contributed by atoms with E-state index in [4.69, 9.17) is 0 Å². The Bertz CT molecular complexity index is 334. The predicted molar refractivity (Wildman–Crippen MR) is 53.7 cm³/mol. The normalized spacial score (nSPS) is 11.9. The second-order valence-corrected chi connectivity index (χ2v) is 3.25. The molecule has 0 aliphatic carbocycles. The predicted octanol–water partition coefficient (Wildman–Crippen LogP) is -0.449. The van der Waals surface area contributed by atoms with Crippen molar-refractivity contribution in [1.29, 1.82) is 0 Å². The van der Waals surface area contributed by atoms with E-state index in [2.05, 4.69) is 20.8 Å². The van der Waals surface area contributed by atoms with Crippen LogP contribution in [-0.4, -0.2) is 28.1 Å². The molecule has 0 saturated heterocycles. The number of hydrogen-bond donors (Lipinski definition) is 3. The van der Waals surface area contributed by atoms with Gasteiger partial charge >= 0.3 is 0 Å². The van der Waals surface area contributed by atoms with Gasteiger partial charge < -0.3 is 10.6 Å². The highest BCUT2D eigenvalue weighted by atomic mass is 16.2. The van der Waals surface area contributed by atoms with Gasteiger partial charge in [-0.3, -0.25) is 14.7 Å². The average Bonchev–Trinajstić information content (AvgIpc) is 2.65. The van der Waals surface area contributed by atoms with Gasteiger partial charge in [0, 0.05) is 25.2 Å². The number of carbonyl (C=O) groups is 2. The van der Waals surface area contributed by atoms with Crippen molar-refractivity contribution in [3.05, 3.63) is 18.0 Å². The fraction of sp³-hybridized carbons (Fsp3) is 0.444. The van der Waals surface area contributed by atoms with Gasteiger partial charge in [-0.15, -0.1) is 0 Å². The lowest BCUT2D eigenvalue weighted by atomic mass is 10.3. The van der Waals surface area contributed by atoms with Crippen LogP contribution in [0.3, 0.4) is 0 Å². The smallest absolute Gasteiger partial charge is 0.242 e. The third-order valence-corrected chi connectivity index (χ3v) is 1.83. The first-order valence-corrected chi connectivity index (χ1v) is 4.62. The summed E-state index contributed by atoms with van der Waals surface area (Å²) >= 11 is 0. The highest BCUT2D eigenvalue weighted by molar-refractivity contribution is 5.86. The van der Waals surface area contributed by atoms with E-state index in [9.17, 15) is 9.59 Å². The molecule has 0 aliphatic rings. The van der Waals surface area contributed by atoms with Crippen LogP contribution in [-0.2, 0) is 16.1 Å². The van der Waals surface area contributed by atoms with Gasteiger partial charge in [0.1, 0.15) is 6.04 Å². The van der Waals surface area contributed by atoms with Crippen molar-refractivity contribution in [2.75, 3.05) is 0 Å². The number of hydrogen-bond acceptors (Lipinski definition) is 3. The Hall–Kier alpha value is -1.85. The lowest BCUT2D eigenvalue weighted by Gasteiger charge is -2.11. The second-order valence-electron chi connectivity index (χ2n) is 3.25. The van der Waals surface area contributed by atoms with Crippen molar-refractivity contribution < 1.29 is 9.59 Å². The first-order chi connectivity index (χ1) is 7.09. The highest BCUT2D eigenvalue weighted by Crippen LogP contribution is 1.92. The van der Waals surface area contributed by atoms with Gasteiger partial charge in [0.2, 0.25) is 11.8 Å².